The maximum absolute atomic E-state index is 12.5. The van der Waals surface area contributed by atoms with Crippen molar-refractivity contribution in [1.29, 1.82) is 0 Å². The molecule has 1 unspecified atom stereocenters. The van der Waals surface area contributed by atoms with Crippen molar-refractivity contribution in [3.63, 3.8) is 0 Å². The van der Waals surface area contributed by atoms with Gasteiger partial charge in [0.1, 0.15) is 5.82 Å². The van der Waals surface area contributed by atoms with Gasteiger partial charge in [-0.15, -0.1) is 0 Å². The molecule has 4 N–H and O–H groups in total. The number of rotatable bonds is 9. The number of aliphatic hydroxyl groups is 1. The van der Waals surface area contributed by atoms with Crippen molar-refractivity contribution in [3.8, 4) is 11.3 Å². The van der Waals surface area contributed by atoms with E-state index in [0.717, 1.165) is 17.7 Å². The molecule has 0 aliphatic carbocycles. The fourth-order valence-corrected chi connectivity index (χ4v) is 2.48. The molecule has 1 amide bonds. The van der Waals surface area contributed by atoms with Crippen LogP contribution in [0, 0.1) is 5.92 Å². The van der Waals surface area contributed by atoms with Crippen molar-refractivity contribution in [2.24, 2.45) is 5.92 Å². The van der Waals surface area contributed by atoms with Gasteiger partial charge >= 0.3 is 0 Å². The first-order chi connectivity index (χ1) is 12.0. The summed E-state index contributed by atoms with van der Waals surface area (Å²) in [6, 6.07) is 11.3. The van der Waals surface area contributed by atoms with Crippen LogP contribution in [-0.4, -0.2) is 39.9 Å². The lowest BCUT2D eigenvalue weighted by Crippen LogP contribution is -2.44. The number of nitrogens with zero attached hydrogens (tertiary/aromatic N) is 1. The Labute approximate surface area is 149 Å². The number of aromatic amines is 1. The molecule has 0 bridgehead atoms. The number of aromatic nitrogens is 2. The standard InChI is InChI=1S/C19H28N4O2/c1-4-8-15(20-12-17(24)13(2)3)19(25)21-18-11-16(22-23-18)14-9-6-5-7-10-14/h5-7,9-11,13,15,17,20,24H,4,8,12H2,1-3H3,(H2,21,22,23,25)/t15-,17?/m0/s1. The maximum atomic E-state index is 12.5. The quantitative estimate of drug-likeness (QED) is 0.563. The maximum Gasteiger partial charge on any atom is 0.242 e. The number of carbonyl (C=O) groups is 1. The van der Waals surface area contributed by atoms with E-state index in [9.17, 15) is 9.90 Å². The average Bonchev–Trinajstić information content (AvgIpc) is 3.07. The summed E-state index contributed by atoms with van der Waals surface area (Å²) in [5.41, 5.74) is 1.77. The summed E-state index contributed by atoms with van der Waals surface area (Å²) in [5.74, 6) is 0.594. The van der Waals surface area contributed by atoms with E-state index in [-0.39, 0.29) is 17.9 Å². The lowest BCUT2D eigenvalue weighted by atomic mass is 10.1. The molecule has 0 aliphatic rings. The Balaban J connectivity index is 1.97. The van der Waals surface area contributed by atoms with Gasteiger partial charge in [0.15, 0.2) is 0 Å². The minimum Gasteiger partial charge on any atom is -0.392 e. The predicted molar refractivity (Wildman–Crippen MR) is 100 cm³/mol. The molecule has 1 heterocycles. The Bertz CT molecular complexity index is 654. The highest BCUT2D eigenvalue weighted by molar-refractivity contribution is 5.94. The summed E-state index contributed by atoms with van der Waals surface area (Å²) in [6.45, 7) is 6.34. The SMILES string of the molecule is CCC[C@H](NCC(O)C(C)C)C(=O)Nc1cc(-c2ccccc2)n[nH]1. The highest BCUT2D eigenvalue weighted by atomic mass is 16.3. The first-order valence-corrected chi connectivity index (χ1v) is 8.84. The number of anilines is 1. The summed E-state index contributed by atoms with van der Waals surface area (Å²) in [5, 5.41) is 23.1. The number of carbonyl (C=O) groups excluding carboxylic acids is 1. The van der Waals surface area contributed by atoms with E-state index in [0.29, 0.717) is 18.8 Å². The van der Waals surface area contributed by atoms with Crippen LogP contribution in [0.25, 0.3) is 11.3 Å². The Kier molecular flexibility index (Phi) is 7.16. The van der Waals surface area contributed by atoms with Crippen LogP contribution in [0.3, 0.4) is 0 Å². The zero-order chi connectivity index (χ0) is 18.2. The zero-order valence-corrected chi connectivity index (χ0v) is 15.1. The van der Waals surface area contributed by atoms with Crippen molar-refractivity contribution < 1.29 is 9.90 Å². The predicted octanol–water partition coefficient (Wildman–Crippen LogP) is 2.79. The van der Waals surface area contributed by atoms with E-state index in [1.54, 1.807) is 0 Å². The Morgan fingerprint density at radius 3 is 2.64 bits per heavy atom. The van der Waals surface area contributed by atoms with Gasteiger partial charge in [0, 0.05) is 18.2 Å². The molecule has 1 aromatic heterocycles. The van der Waals surface area contributed by atoms with Gasteiger partial charge in [-0.2, -0.15) is 5.10 Å². The highest BCUT2D eigenvalue weighted by Gasteiger charge is 2.20. The van der Waals surface area contributed by atoms with Crippen LogP contribution < -0.4 is 10.6 Å². The molecule has 0 spiro atoms. The number of H-pyrrole nitrogens is 1. The van der Waals surface area contributed by atoms with E-state index in [4.69, 9.17) is 0 Å². The number of hydrogen-bond acceptors (Lipinski definition) is 4. The van der Waals surface area contributed by atoms with Crippen molar-refractivity contribution in [3.05, 3.63) is 36.4 Å². The monoisotopic (exact) mass is 344 g/mol. The van der Waals surface area contributed by atoms with Crippen LogP contribution in [0.4, 0.5) is 5.82 Å². The molecule has 0 fully saturated rings. The Hall–Kier alpha value is -2.18. The topological polar surface area (TPSA) is 90.0 Å². The molecule has 25 heavy (non-hydrogen) atoms. The van der Waals surface area contributed by atoms with Gasteiger partial charge in [-0.1, -0.05) is 57.5 Å². The molecule has 1 aromatic carbocycles. The van der Waals surface area contributed by atoms with Crippen LogP contribution in [0.2, 0.25) is 0 Å². The molecule has 136 valence electrons. The normalized spacial score (nSPS) is 13.6. The second-order valence-corrected chi connectivity index (χ2v) is 6.58. The van der Waals surface area contributed by atoms with Gasteiger partial charge in [-0.3, -0.25) is 9.89 Å². The second-order valence-electron chi connectivity index (χ2n) is 6.58. The lowest BCUT2D eigenvalue weighted by Gasteiger charge is -2.21. The third kappa shape index (κ3) is 5.69. The fraction of sp³-hybridized carbons (Fsp3) is 0.474. The van der Waals surface area contributed by atoms with Crippen LogP contribution >= 0.6 is 0 Å². The van der Waals surface area contributed by atoms with E-state index in [1.807, 2.05) is 57.2 Å². The first kappa shape index (κ1) is 19.1. The molecular formula is C19H28N4O2. The van der Waals surface area contributed by atoms with E-state index >= 15 is 0 Å². The smallest absolute Gasteiger partial charge is 0.242 e. The minimum atomic E-state index is -0.469. The molecule has 0 saturated carbocycles. The van der Waals surface area contributed by atoms with Crippen molar-refractivity contribution >= 4 is 11.7 Å². The number of benzene rings is 1. The molecule has 2 aromatic rings. The molecule has 2 atom stereocenters. The number of nitrogens with one attached hydrogen (secondary N) is 3. The fourth-order valence-electron chi connectivity index (χ4n) is 2.48. The molecule has 6 nitrogen and oxygen atoms in total. The molecular weight excluding hydrogens is 316 g/mol. The number of aliphatic hydroxyl groups excluding tert-OH is 1. The second kappa shape index (κ2) is 9.34. The lowest BCUT2D eigenvalue weighted by molar-refractivity contribution is -0.118. The Morgan fingerprint density at radius 2 is 2.00 bits per heavy atom. The van der Waals surface area contributed by atoms with Crippen LogP contribution in [0.15, 0.2) is 36.4 Å². The first-order valence-electron chi connectivity index (χ1n) is 8.84. The van der Waals surface area contributed by atoms with Crippen LogP contribution in [0.1, 0.15) is 33.6 Å². The van der Waals surface area contributed by atoms with Gasteiger partial charge < -0.3 is 15.7 Å². The summed E-state index contributed by atoms with van der Waals surface area (Å²) in [4.78, 5) is 12.5. The highest BCUT2D eigenvalue weighted by Crippen LogP contribution is 2.19. The summed E-state index contributed by atoms with van der Waals surface area (Å²) >= 11 is 0. The number of hydrogen-bond donors (Lipinski definition) is 4. The third-order valence-corrected chi connectivity index (χ3v) is 4.14. The summed E-state index contributed by atoms with van der Waals surface area (Å²) < 4.78 is 0. The van der Waals surface area contributed by atoms with E-state index < -0.39 is 6.10 Å². The third-order valence-electron chi connectivity index (χ3n) is 4.14. The molecule has 2 rings (SSSR count). The van der Waals surface area contributed by atoms with Crippen LogP contribution in [-0.2, 0) is 4.79 Å². The molecule has 0 radical (unpaired) electrons. The van der Waals surface area contributed by atoms with Gasteiger partial charge in [0.25, 0.3) is 0 Å². The molecule has 0 aliphatic heterocycles. The zero-order valence-electron chi connectivity index (χ0n) is 15.1. The van der Waals surface area contributed by atoms with Gasteiger partial charge in [-0.05, 0) is 12.3 Å². The van der Waals surface area contributed by atoms with Gasteiger partial charge in [0.2, 0.25) is 5.91 Å². The van der Waals surface area contributed by atoms with Crippen LogP contribution in [0.5, 0.6) is 0 Å². The van der Waals surface area contributed by atoms with Crippen molar-refractivity contribution in [2.45, 2.75) is 45.8 Å². The van der Waals surface area contributed by atoms with Gasteiger partial charge in [-0.25, -0.2) is 0 Å². The minimum absolute atomic E-state index is 0.124. The average molecular weight is 344 g/mol. The Morgan fingerprint density at radius 1 is 1.28 bits per heavy atom. The number of amides is 1. The summed E-state index contributed by atoms with van der Waals surface area (Å²) in [7, 11) is 0. The molecule has 6 heteroatoms. The van der Waals surface area contributed by atoms with Crippen molar-refractivity contribution in [1.82, 2.24) is 15.5 Å². The van der Waals surface area contributed by atoms with E-state index in [2.05, 4.69) is 20.8 Å². The molecule has 0 saturated heterocycles. The largest absolute Gasteiger partial charge is 0.392 e. The van der Waals surface area contributed by atoms with Gasteiger partial charge in [0.05, 0.1) is 17.8 Å². The summed E-state index contributed by atoms with van der Waals surface area (Å²) in [6.07, 6.45) is 1.11. The van der Waals surface area contributed by atoms with Crippen molar-refractivity contribution in [2.75, 3.05) is 11.9 Å². The van der Waals surface area contributed by atoms with E-state index in [1.165, 1.54) is 0 Å².